The lowest BCUT2D eigenvalue weighted by atomic mass is 10.2. The Labute approximate surface area is 120 Å². The molecule has 2 rings (SSSR count). The third-order valence-electron chi connectivity index (χ3n) is 2.66. The van der Waals surface area contributed by atoms with Crippen molar-refractivity contribution in [1.82, 2.24) is 14.2 Å². The molecule has 0 atom stereocenters. The molecule has 0 aromatic carbocycles. The fourth-order valence-electron chi connectivity index (χ4n) is 1.74. The van der Waals surface area contributed by atoms with Crippen LogP contribution >= 0.6 is 11.5 Å². The van der Waals surface area contributed by atoms with Crippen LogP contribution < -0.4 is 11.1 Å². The second kappa shape index (κ2) is 6.38. The molecule has 0 spiro atoms. The highest BCUT2D eigenvalue weighted by atomic mass is 32.1. The number of hydrogen-bond acceptors (Lipinski definition) is 7. The number of carbonyl (C=O) groups is 1. The molecule has 7 nitrogen and oxygen atoms in total. The van der Waals surface area contributed by atoms with E-state index in [0.29, 0.717) is 23.7 Å². The topological polar surface area (TPSA) is 95.1 Å². The Kier molecular flexibility index (Phi) is 4.57. The molecule has 0 amide bonds. The first kappa shape index (κ1) is 14.3. The Hall–Kier alpha value is -2.09. The van der Waals surface area contributed by atoms with E-state index in [2.05, 4.69) is 14.8 Å². The summed E-state index contributed by atoms with van der Waals surface area (Å²) in [5, 5.41) is 7.91. The first-order valence-electron chi connectivity index (χ1n) is 6.25. The number of rotatable bonds is 6. The smallest absolute Gasteiger partial charge is 0.344 e. The molecule has 2 heterocycles. The molecule has 0 bridgehead atoms. The van der Waals surface area contributed by atoms with Gasteiger partial charge in [0.15, 0.2) is 5.82 Å². The number of nitrogens with zero attached hydrogens (tertiary/aromatic N) is 3. The number of aromatic nitrogens is 3. The van der Waals surface area contributed by atoms with E-state index < -0.39 is 5.97 Å². The van der Waals surface area contributed by atoms with E-state index >= 15 is 0 Å². The van der Waals surface area contributed by atoms with Crippen LogP contribution in [0.4, 0.5) is 10.8 Å². The van der Waals surface area contributed by atoms with Crippen LogP contribution in [-0.2, 0) is 18.2 Å². The van der Waals surface area contributed by atoms with Crippen molar-refractivity contribution in [2.45, 2.75) is 13.3 Å². The third kappa shape index (κ3) is 3.27. The van der Waals surface area contributed by atoms with Crippen LogP contribution in [0.5, 0.6) is 0 Å². The van der Waals surface area contributed by atoms with Gasteiger partial charge in [0.1, 0.15) is 10.6 Å². The third-order valence-corrected chi connectivity index (χ3v) is 3.47. The highest BCUT2D eigenvalue weighted by Crippen LogP contribution is 2.27. The number of aryl methyl sites for hydroxylation is 1. The zero-order valence-corrected chi connectivity index (χ0v) is 12.2. The summed E-state index contributed by atoms with van der Waals surface area (Å²) in [6.07, 6.45) is 4.57. The second-order valence-corrected chi connectivity index (χ2v) is 4.96. The van der Waals surface area contributed by atoms with E-state index in [1.165, 1.54) is 0 Å². The molecule has 0 unspecified atom stereocenters. The molecular weight excluding hydrogens is 278 g/mol. The van der Waals surface area contributed by atoms with Crippen molar-refractivity contribution in [1.29, 1.82) is 0 Å². The maximum Gasteiger partial charge on any atom is 0.344 e. The zero-order valence-electron chi connectivity index (χ0n) is 11.4. The molecule has 0 aliphatic rings. The second-order valence-electron chi connectivity index (χ2n) is 4.19. The SMILES string of the molecule is CCOC(=O)c1c(N)nsc1NCCc1cnn(C)c1. The summed E-state index contributed by atoms with van der Waals surface area (Å²) in [6.45, 7) is 2.73. The Balaban J connectivity index is 1.97. The fourth-order valence-corrected chi connectivity index (χ4v) is 2.47. The lowest BCUT2D eigenvalue weighted by molar-refractivity contribution is 0.0529. The Bertz CT molecular complexity index is 592. The lowest BCUT2D eigenvalue weighted by Gasteiger charge is -2.06. The van der Waals surface area contributed by atoms with Crippen molar-refractivity contribution in [3.05, 3.63) is 23.5 Å². The maximum absolute atomic E-state index is 11.8. The summed E-state index contributed by atoms with van der Waals surface area (Å²) in [5.74, 6) is -0.236. The summed E-state index contributed by atoms with van der Waals surface area (Å²) in [5.41, 5.74) is 7.15. The van der Waals surface area contributed by atoms with Crippen molar-refractivity contribution in [2.24, 2.45) is 7.05 Å². The summed E-state index contributed by atoms with van der Waals surface area (Å²) >= 11 is 1.16. The van der Waals surface area contributed by atoms with Gasteiger partial charge in [0, 0.05) is 19.8 Å². The minimum atomic E-state index is -0.442. The molecule has 0 aliphatic carbocycles. The Morgan fingerprint density at radius 3 is 3.05 bits per heavy atom. The number of hydrogen-bond donors (Lipinski definition) is 2. The van der Waals surface area contributed by atoms with Crippen molar-refractivity contribution < 1.29 is 9.53 Å². The molecular formula is C12H17N5O2S. The number of nitrogens with two attached hydrogens (primary N) is 1. The van der Waals surface area contributed by atoms with Gasteiger partial charge in [-0.2, -0.15) is 9.47 Å². The molecule has 8 heteroatoms. The van der Waals surface area contributed by atoms with Crippen molar-refractivity contribution >= 4 is 28.3 Å². The highest BCUT2D eigenvalue weighted by Gasteiger charge is 2.20. The fraction of sp³-hybridized carbons (Fsp3) is 0.417. The van der Waals surface area contributed by atoms with E-state index in [4.69, 9.17) is 10.5 Å². The normalized spacial score (nSPS) is 10.5. The molecule has 20 heavy (non-hydrogen) atoms. The monoisotopic (exact) mass is 295 g/mol. The van der Waals surface area contributed by atoms with Crippen LogP contribution in [0.15, 0.2) is 12.4 Å². The van der Waals surface area contributed by atoms with Crippen LogP contribution in [0.1, 0.15) is 22.8 Å². The van der Waals surface area contributed by atoms with E-state index in [1.54, 1.807) is 11.6 Å². The number of anilines is 2. The summed E-state index contributed by atoms with van der Waals surface area (Å²) in [7, 11) is 1.87. The standard InChI is InChI=1S/C12H17N5O2S/c1-3-19-12(18)9-10(13)16-20-11(9)14-5-4-8-6-15-17(2)7-8/h6-7,14H,3-5H2,1-2H3,(H2,13,16). The number of nitrogens with one attached hydrogen (secondary N) is 1. The number of carbonyl (C=O) groups excluding carboxylic acids is 1. The van der Waals surface area contributed by atoms with Gasteiger partial charge < -0.3 is 15.8 Å². The van der Waals surface area contributed by atoms with Crippen LogP contribution in [0.25, 0.3) is 0 Å². The largest absolute Gasteiger partial charge is 0.462 e. The minimum absolute atomic E-state index is 0.206. The Morgan fingerprint density at radius 1 is 1.60 bits per heavy atom. The van der Waals surface area contributed by atoms with Gasteiger partial charge in [-0.3, -0.25) is 4.68 Å². The van der Waals surface area contributed by atoms with Crippen LogP contribution in [-0.4, -0.2) is 33.3 Å². The number of esters is 1. The van der Waals surface area contributed by atoms with Gasteiger partial charge in [0.2, 0.25) is 0 Å². The van der Waals surface area contributed by atoms with Gasteiger partial charge in [-0.1, -0.05) is 0 Å². The Morgan fingerprint density at radius 2 is 2.40 bits per heavy atom. The quantitative estimate of drug-likeness (QED) is 0.780. The van der Waals surface area contributed by atoms with E-state index in [9.17, 15) is 4.79 Å². The van der Waals surface area contributed by atoms with Crippen LogP contribution in [0, 0.1) is 0 Å². The molecule has 0 radical (unpaired) electrons. The van der Waals surface area contributed by atoms with Crippen molar-refractivity contribution in [3.63, 3.8) is 0 Å². The molecule has 0 fully saturated rings. The van der Waals surface area contributed by atoms with Crippen molar-refractivity contribution in [3.8, 4) is 0 Å². The van der Waals surface area contributed by atoms with Crippen LogP contribution in [0.3, 0.4) is 0 Å². The van der Waals surface area contributed by atoms with Gasteiger partial charge in [0.25, 0.3) is 0 Å². The van der Waals surface area contributed by atoms with Crippen LogP contribution in [0.2, 0.25) is 0 Å². The number of nitrogen functional groups attached to an aromatic ring is 1. The van der Waals surface area contributed by atoms with Gasteiger partial charge in [-0.05, 0) is 30.4 Å². The summed E-state index contributed by atoms with van der Waals surface area (Å²) in [6, 6.07) is 0. The average Bonchev–Trinajstić information content (AvgIpc) is 2.97. The van der Waals surface area contributed by atoms with E-state index in [1.807, 2.05) is 19.4 Å². The summed E-state index contributed by atoms with van der Waals surface area (Å²) < 4.78 is 10.7. The highest BCUT2D eigenvalue weighted by molar-refractivity contribution is 7.11. The molecule has 0 aliphatic heterocycles. The predicted octanol–water partition coefficient (Wildman–Crippen LogP) is 1.29. The summed E-state index contributed by atoms with van der Waals surface area (Å²) in [4.78, 5) is 11.8. The van der Waals surface area contributed by atoms with E-state index in [-0.39, 0.29) is 5.82 Å². The molecule has 3 N–H and O–H groups in total. The molecule has 2 aromatic rings. The minimum Gasteiger partial charge on any atom is -0.462 e. The van der Waals surface area contributed by atoms with Crippen molar-refractivity contribution in [2.75, 3.05) is 24.2 Å². The first-order valence-corrected chi connectivity index (χ1v) is 7.02. The zero-order chi connectivity index (χ0) is 14.5. The average molecular weight is 295 g/mol. The molecule has 0 saturated carbocycles. The van der Waals surface area contributed by atoms with Gasteiger partial charge >= 0.3 is 5.97 Å². The molecule has 108 valence electrons. The van der Waals surface area contributed by atoms with Gasteiger partial charge in [-0.15, -0.1) is 0 Å². The first-order chi connectivity index (χ1) is 9.61. The lowest BCUT2D eigenvalue weighted by Crippen LogP contribution is -2.11. The maximum atomic E-state index is 11.8. The molecule has 2 aromatic heterocycles. The predicted molar refractivity (Wildman–Crippen MR) is 77.9 cm³/mol. The van der Waals surface area contributed by atoms with E-state index in [0.717, 1.165) is 23.5 Å². The van der Waals surface area contributed by atoms with Gasteiger partial charge in [0.05, 0.1) is 12.8 Å². The molecule has 0 saturated heterocycles. The number of ether oxygens (including phenoxy) is 1. The van der Waals surface area contributed by atoms with Gasteiger partial charge in [-0.25, -0.2) is 4.79 Å².